The van der Waals surface area contributed by atoms with Crippen molar-refractivity contribution >= 4 is 21.9 Å². The first kappa shape index (κ1) is 13.4. The SMILES string of the molecule is CCCn1cc(S(=O)(=O)Nc2nc(C)co2)c(N)n1. The van der Waals surface area contributed by atoms with Crippen LogP contribution in [0.3, 0.4) is 0 Å². The Labute approximate surface area is 110 Å². The third kappa shape index (κ3) is 2.87. The molecule has 0 aliphatic heterocycles. The number of hydrogen-bond donors (Lipinski definition) is 2. The molecule has 8 nitrogen and oxygen atoms in total. The van der Waals surface area contributed by atoms with E-state index in [4.69, 9.17) is 10.2 Å². The Kier molecular flexibility index (Phi) is 3.47. The first-order valence-corrected chi connectivity index (χ1v) is 7.18. The number of nitrogen functional groups attached to an aromatic ring is 1. The molecule has 2 aromatic rings. The van der Waals surface area contributed by atoms with E-state index in [0.29, 0.717) is 12.2 Å². The molecule has 0 aliphatic rings. The minimum absolute atomic E-state index is 0.0516. The van der Waals surface area contributed by atoms with Crippen LogP contribution in [0.15, 0.2) is 21.8 Å². The van der Waals surface area contributed by atoms with Crippen molar-refractivity contribution in [1.29, 1.82) is 0 Å². The summed E-state index contributed by atoms with van der Waals surface area (Å²) in [4.78, 5) is 3.78. The van der Waals surface area contributed by atoms with E-state index in [1.165, 1.54) is 17.1 Å². The van der Waals surface area contributed by atoms with Gasteiger partial charge in [0.25, 0.3) is 10.0 Å². The van der Waals surface area contributed by atoms with Gasteiger partial charge >= 0.3 is 6.01 Å². The van der Waals surface area contributed by atoms with Gasteiger partial charge in [0, 0.05) is 12.7 Å². The highest BCUT2D eigenvalue weighted by molar-refractivity contribution is 7.92. The predicted octanol–water partition coefficient (Wildman–Crippen LogP) is 0.973. The van der Waals surface area contributed by atoms with Gasteiger partial charge in [0.15, 0.2) is 5.82 Å². The maximum absolute atomic E-state index is 12.1. The van der Waals surface area contributed by atoms with E-state index in [2.05, 4.69) is 14.8 Å². The first-order valence-electron chi connectivity index (χ1n) is 5.70. The minimum Gasteiger partial charge on any atom is -0.431 e. The number of oxazole rings is 1. The van der Waals surface area contributed by atoms with Gasteiger partial charge in [-0.1, -0.05) is 6.92 Å². The van der Waals surface area contributed by atoms with E-state index >= 15 is 0 Å². The van der Waals surface area contributed by atoms with E-state index in [-0.39, 0.29) is 16.7 Å². The molecule has 0 spiro atoms. The number of rotatable bonds is 5. The van der Waals surface area contributed by atoms with Gasteiger partial charge in [-0.3, -0.25) is 4.68 Å². The van der Waals surface area contributed by atoms with Crippen LogP contribution in [0.2, 0.25) is 0 Å². The molecule has 0 aliphatic carbocycles. The van der Waals surface area contributed by atoms with Crippen LogP contribution in [0, 0.1) is 6.92 Å². The summed E-state index contributed by atoms with van der Waals surface area (Å²) in [5.41, 5.74) is 6.19. The summed E-state index contributed by atoms with van der Waals surface area (Å²) < 4.78 is 32.9. The molecule has 9 heteroatoms. The quantitative estimate of drug-likeness (QED) is 0.845. The third-order valence-corrected chi connectivity index (χ3v) is 3.67. The van der Waals surface area contributed by atoms with Gasteiger partial charge in [-0.25, -0.2) is 13.1 Å². The van der Waals surface area contributed by atoms with Gasteiger partial charge in [0.2, 0.25) is 0 Å². The largest absolute Gasteiger partial charge is 0.431 e. The zero-order chi connectivity index (χ0) is 14.0. The molecule has 0 unspecified atom stereocenters. The van der Waals surface area contributed by atoms with E-state index in [0.717, 1.165) is 6.42 Å². The number of anilines is 2. The smallest absolute Gasteiger partial charge is 0.309 e. The van der Waals surface area contributed by atoms with Gasteiger partial charge in [0.1, 0.15) is 11.2 Å². The fourth-order valence-electron chi connectivity index (χ4n) is 1.54. The lowest BCUT2D eigenvalue weighted by atomic mass is 10.5. The lowest BCUT2D eigenvalue weighted by Gasteiger charge is -2.01. The summed E-state index contributed by atoms with van der Waals surface area (Å²) in [5, 5.41) is 3.94. The minimum atomic E-state index is -3.84. The number of nitrogens with zero attached hydrogens (tertiary/aromatic N) is 3. The summed E-state index contributed by atoms with van der Waals surface area (Å²) in [7, 11) is -3.84. The average Bonchev–Trinajstić information content (AvgIpc) is 2.86. The number of hydrogen-bond acceptors (Lipinski definition) is 6. The second-order valence-electron chi connectivity index (χ2n) is 4.04. The average molecular weight is 285 g/mol. The van der Waals surface area contributed by atoms with Crippen LogP contribution in [-0.4, -0.2) is 23.2 Å². The molecule has 0 fully saturated rings. The lowest BCUT2D eigenvalue weighted by Crippen LogP contribution is -2.14. The molecule has 0 saturated carbocycles. The van der Waals surface area contributed by atoms with Crippen LogP contribution in [0.1, 0.15) is 19.0 Å². The molecule has 19 heavy (non-hydrogen) atoms. The molecule has 0 aromatic carbocycles. The second-order valence-corrected chi connectivity index (χ2v) is 5.69. The summed E-state index contributed by atoms with van der Waals surface area (Å²) in [6.45, 7) is 4.24. The highest BCUT2D eigenvalue weighted by atomic mass is 32.2. The predicted molar refractivity (Wildman–Crippen MR) is 69.0 cm³/mol. The first-order chi connectivity index (χ1) is 8.92. The van der Waals surface area contributed by atoms with Crippen molar-refractivity contribution in [2.45, 2.75) is 31.7 Å². The molecular formula is C10H15N5O3S. The Morgan fingerprint density at radius 3 is 2.84 bits per heavy atom. The summed E-state index contributed by atoms with van der Waals surface area (Å²) in [6.07, 6.45) is 3.56. The molecule has 2 aromatic heterocycles. The van der Waals surface area contributed by atoms with Crippen molar-refractivity contribution in [1.82, 2.24) is 14.8 Å². The van der Waals surface area contributed by atoms with Crippen LogP contribution in [0.4, 0.5) is 11.8 Å². The van der Waals surface area contributed by atoms with Crippen molar-refractivity contribution < 1.29 is 12.8 Å². The molecule has 0 bridgehead atoms. The molecule has 0 amide bonds. The number of nitrogens with two attached hydrogens (primary N) is 1. The topological polar surface area (TPSA) is 116 Å². The molecule has 0 radical (unpaired) electrons. The van der Waals surface area contributed by atoms with Gasteiger partial charge in [-0.05, 0) is 13.3 Å². The van der Waals surface area contributed by atoms with E-state index < -0.39 is 10.0 Å². The second kappa shape index (κ2) is 4.92. The Morgan fingerprint density at radius 2 is 2.26 bits per heavy atom. The van der Waals surface area contributed by atoms with Gasteiger partial charge in [-0.15, -0.1) is 0 Å². The van der Waals surface area contributed by atoms with Crippen molar-refractivity contribution in [3.05, 3.63) is 18.2 Å². The lowest BCUT2D eigenvalue weighted by molar-refractivity contribution is 0.569. The van der Waals surface area contributed by atoms with Crippen LogP contribution in [-0.2, 0) is 16.6 Å². The molecule has 3 N–H and O–H groups in total. The molecule has 2 rings (SSSR count). The van der Waals surface area contributed by atoms with Crippen LogP contribution in [0.5, 0.6) is 0 Å². The third-order valence-electron chi connectivity index (χ3n) is 2.34. The van der Waals surface area contributed by atoms with Crippen molar-refractivity contribution in [3.63, 3.8) is 0 Å². The maximum Gasteiger partial charge on any atom is 0.309 e. The highest BCUT2D eigenvalue weighted by Gasteiger charge is 2.23. The summed E-state index contributed by atoms with van der Waals surface area (Å²) in [6, 6.07) is -0.0971. The Bertz CT molecular complexity index is 673. The van der Waals surface area contributed by atoms with Gasteiger partial charge in [0.05, 0.1) is 5.69 Å². The van der Waals surface area contributed by atoms with E-state index in [1.54, 1.807) is 6.92 Å². The standard InChI is InChI=1S/C10H15N5O3S/c1-3-4-15-5-8(9(11)13-15)19(16,17)14-10-12-7(2)6-18-10/h5-6H,3-4H2,1-2H3,(H2,11,13)(H,12,14). The van der Waals surface area contributed by atoms with Crippen LogP contribution < -0.4 is 10.5 Å². The number of aryl methyl sites for hydroxylation is 2. The number of aromatic nitrogens is 3. The van der Waals surface area contributed by atoms with Crippen molar-refractivity contribution in [2.24, 2.45) is 0 Å². The normalized spacial score (nSPS) is 11.7. The molecule has 104 valence electrons. The van der Waals surface area contributed by atoms with Crippen LogP contribution >= 0.6 is 0 Å². The van der Waals surface area contributed by atoms with E-state index in [9.17, 15) is 8.42 Å². The number of sulfonamides is 1. The highest BCUT2D eigenvalue weighted by Crippen LogP contribution is 2.20. The maximum atomic E-state index is 12.1. The zero-order valence-corrected chi connectivity index (χ0v) is 11.4. The Balaban J connectivity index is 2.28. The molecule has 0 saturated heterocycles. The fourth-order valence-corrected chi connectivity index (χ4v) is 2.55. The summed E-state index contributed by atoms with van der Waals surface area (Å²) >= 11 is 0. The molecule has 2 heterocycles. The van der Waals surface area contributed by atoms with Crippen LogP contribution in [0.25, 0.3) is 0 Å². The monoisotopic (exact) mass is 285 g/mol. The van der Waals surface area contributed by atoms with Gasteiger partial charge < -0.3 is 10.2 Å². The van der Waals surface area contributed by atoms with E-state index in [1.807, 2.05) is 6.92 Å². The zero-order valence-electron chi connectivity index (χ0n) is 10.6. The van der Waals surface area contributed by atoms with Crippen molar-refractivity contribution in [3.8, 4) is 0 Å². The number of nitrogens with one attached hydrogen (secondary N) is 1. The summed E-state index contributed by atoms with van der Waals surface area (Å²) in [5.74, 6) is -0.0516. The Hall–Kier alpha value is -2.03. The Morgan fingerprint density at radius 1 is 1.53 bits per heavy atom. The molecular weight excluding hydrogens is 270 g/mol. The molecule has 0 atom stereocenters. The van der Waals surface area contributed by atoms with Gasteiger partial charge in [-0.2, -0.15) is 10.1 Å². The van der Waals surface area contributed by atoms with Crippen molar-refractivity contribution in [2.75, 3.05) is 10.5 Å². The fraction of sp³-hybridized carbons (Fsp3) is 0.400.